The topological polar surface area (TPSA) is 3.24 Å². The van der Waals surface area contributed by atoms with Gasteiger partial charge in [0.15, 0.2) is 0 Å². The molecule has 0 unspecified atom stereocenters. The molecule has 0 saturated heterocycles. The van der Waals surface area contributed by atoms with Gasteiger partial charge in [0.25, 0.3) is 0 Å². The Kier molecular flexibility index (Phi) is 8.40. The van der Waals surface area contributed by atoms with E-state index in [2.05, 4.69) is 67.6 Å². The Hall–Kier alpha value is -0.561. The summed E-state index contributed by atoms with van der Waals surface area (Å²) in [6.07, 6.45) is 18.2. The summed E-state index contributed by atoms with van der Waals surface area (Å²) in [5, 5.41) is 0. The smallest absolute Gasteiger partial charge is 0.00802 e. The Bertz CT molecular complexity index is 240. The molecule has 84 valence electrons. The molecule has 1 nitrogen and oxygen atoms in total. The molecule has 0 saturated carbocycles. The van der Waals surface area contributed by atoms with Crippen LogP contribution in [0.25, 0.3) is 0 Å². The molecule has 2 heteroatoms. The van der Waals surface area contributed by atoms with Crippen LogP contribution in [-0.2, 0) is 17.1 Å². The predicted octanol–water partition coefficient (Wildman–Crippen LogP) is 2.79. The van der Waals surface area contributed by atoms with Gasteiger partial charge in [-0.15, -0.1) is 0 Å². The van der Waals surface area contributed by atoms with E-state index in [9.17, 15) is 0 Å². The van der Waals surface area contributed by atoms with Crippen LogP contribution in [0, 0.1) is 5.92 Å². The SMILES string of the molecule is C1=CCC=C1.CN(C)CC1C=CC=C1.[Fe]. The van der Waals surface area contributed by atoms with E-state index in [-0.39, 0.29) is 17.1 Å². The summed E-state index contributed by atoms with van der Waals surface area (Å²) < 4.78 is 0. The first-order valence-corrected chi connectivity index (χ1v) is 5.10. The molecule has 0 aliphatic heterocycles. The first kappa shape index (κ1) is 14.4. The molecule has 0 aromatic heterocycles. The molecular formula is C13H19FeN. The van der Waals surface area contributed by atoms with Crippen molar-refractivity contribution in [2.45, 2.75) is 6.42 Å². The van der Waals surface area contributed by atoms with Gasteiger partial charge in [-0.3, -0.25) is 0 Å². The molecule has 0 heterocycles. The zero-order valence-corrected chi connectivity index (χ0v) is 10.5. The van der Waals surface area contributed by atoms with Crippen LogP contribution in [0.1, 0.15) is 6.42 Å². The van der Waals surface area contributed by atoms with E-state index < -0.39 is 0 Å². The molecule has 0 spiro atoms. The normalized spacial score (nSPS) is 16.7. The molecule has 0 radical (unpaired) electrons. The number of rotatable bonds is 2. The van der Waals surface area contributed by atoms with E-state index >= 15 is 0 Å². The fourth-order valence-corrected chi connectivity index (χ4v) is 1.41. The molecule has 0 amide bonds. The summed E-state index contributed by atoms with van der Waals surface area (Å²) in [5.74, 6) is 0.653. The van der Waals surface area contributed by atoms with Crippen molar-refractivity contribution in [3.8, 4) is 0 Å². The van der Waals surface area contributed by atoms with Crippen LogP contribution in [0.15, 0.2) is 48.6 Å². The Morgan fingerprint density at radius 1 is 1.00 bits per heavy atom. The van der Waals surface area contributed by atoms with Crippen LogP contribution in [0.4, 0.5) is 0 Å². The van der Waals surface area contributed by atoms with Gasteiger partial charge in [-0.25, -0.2) is 0 Å². The quantitative estimate of drug-likeness (QED) is 0.676. The largest absolute Gasteiger partial charge is 0.309 e. The maximum atomic E-state index is 2.22. The van der Waals surface area contributed by atoms with Crippen molar-refractivity contribution in [1.29, 1.82) is 0 Å². The Morgan fingerprint density at radius 2 is 1.53 bits per heavy atom. The summed E-state index contributed by atoms with van der Waals surface area (Å²) in [5.41, 5.74) is 0. The molecule has 2 rings (SSSR count). The minimum absolute atomic E-state index is 0. The van der Waals surface area contributed by atoms with Crippen molar-refractivity contribution in [1.82, 2.24) is 4.90 Å². The summed E-state index contributed by atoms with van der Waals surface area (Å²) in [6.45, 7) is 1.13. The molecule has 2 aliphatic rings. The van der Waals surface area contributed by atoms with Gasteiger partial charge in [-0.1, -0.05) is 48.6 Å². The van der Waals surface area contributed by atoms with E-state index in [0.717, 1.165) is 13.0 Å². The second kappa shape index (κ2) is 8.72. The van der Waals surface area contributed by atoms with E-state index in [4.69, 9.17) is 0 Å². The third-order valence-corrected chi connectivity index (χ3v) is 2.06. The average molecular weight is 245 g/mol. The first-order chi connectivity index (χ1) is 6.79. The van der Waals surface area contributed by atoms with Gasteiger partial charge in [0.1, 0.15) is 0 Å². The van der Waals surface area contributed by atoms with Gasteiger partial charge < -0.3 is 4.90 Å². The predicted molar refractivity (Wildman–Crippen MR) is 63.2 cm³/mol. The van der Waals surface area contributed by atoms with Crippen LogP contribution in [0.5, 0.6) is 0 Å². The molecule has 0 fully saturated rings. The van der Waals surface area contributed by atoms with E-state index in [0.29, 0.717) is 5.92 Å². The second-order valence-electron chi connectivity index (χ2n) is 3.79. The van der Waals surface area contributed by atoms with Crippen LogP contribution < -0.4 is 0 Å². The Morgan fingerprint density at radius 3 is 1.87 bits per heavy atom. The number of allylic oxidation sites excluding steroid dienone is 6. The van der Waals surface area contributed by atoms with Gasteiger partial charge in [-0.05, 0) is 20.5 Å². The molecule has 15 heavy (non-hydrogen) atoms. The summed E-state index contributed by atoms with van der Waals surface area (Å²) in [7, 11) is 4.19. The first-order valence-electron chi connectivity index (χ1n) is 5.10. The van der Waals surface area contributed by atoms with E-state index in [1.165, 1.54) is 0 Å². The van der Waals surface area contributed by atoms with Crippen molar-refractivity contribution in [3.05, 3.63) is 48.6 Å². The molecule has 0 atom stereocenters. The fraction of sp³-hybridized carbons (Fsp3) is 0.385. The average Bonchev–Trinajstić information content (AvgIpc) is 2.75. The number of hydrogen-bond acceptors (Lipinski definition) is 1. The van der Waals surface area contributed by atoms with Crippen LogP contribution in [0.3, 0.4) is 0 Å². The Labute approximate surface area is 104 Å². The fourth-order valence-electron chi connectivity index (χ4n) is 1.41. The van der Waals surface area contributed by atoms with Gasteiger partial charge in [0, 0.05) is 29.5 Å². The molecule has 0 N–H and O–H groups in total. The van der Waals surface area contributed by atoms with Gasteiger partial charge in [0.2, 0.25) is 0 Å². The van der Waals surface area contributed by atoms with Crippen molar-refractivity contribution < 1.29 is 17.1 Å². The zero-order valence-electron chi connectivity index (χ0n) is 9.41. The summed E-state index contributed by atoms with van der Waals surface area (Å²) in [6, 6.07) is 0. The van der Waals surface area contributed by atoms with E-state index in [1.54, 1.807) is 0 Å². The van der Waals surface area contributed by atoms with E-state index in [1.807, 2.05) is 0 Å². The zero-order chi connectivity index (χ0) is 10.2. The standard InChI is InChI=1S/C8H13N.C5H6.Fe/c1-9(2)7-8-5-3-4-6-8;1-2-4-5-3-1;/h3-6,8H,7H2,1-2H3;1-4H,5H2;. The minimum Gasteiger partial charge on any atom is -0.309 e. The Balaban J connectivity index is 0.000000280. The third-order valence-electron chi connectivity index (χ3n) is 2.06. The van der Waals surface area contributed by atoms with Crippen LogP contribution in [-0.4, -0.2) is 25.5 Å². The van der Waals surface area contributed by atoms with Gasteiger partial charge in [0.05, 0.1) is 0 Å². The summed E-state index contributed by atoms with van der Waals surface area (Å²) >= 11 is 0. The third kappa shape index (κ3) is 7.38. The van der Waals surface area contributed by atoms with Crippen molar-refractivity contribution in [3.63, 3.8) is 0 Å². The molecule has 0 aromatic carbocycles. The molecule has 0 aromatic rings. The summed E-state index contributed by atoms with van der Waals surface area (Å²) in [4.78, 5) is 2.20. The van der Waals surface area contributed by atoms with Crippen LogP contribution >= 0.6 is 0 Å². The maximum Gasteiger partial charge on any atom is 0.00802 e. The van der Waals surface area contributed by atoms with Crippen molar-refractivity contribution >= 4 is 0 Å². The number of hydrogen-bond donors (Lipinski definition) is 0. The second-order valence-corrected chi connectivity index (χ2v) is 3.79. The van der Waals surface area contributed by atoms with Crippen molar-refractivity contribution in [2.75, 3.05) is 20.6 Å². The molecular weight excluding hydrogens is 226 g/mol. The van der Waals surface area contributed by atoms with Gasteiger partial charge >= 0.3 is 0 Å². The monoisotopic (exact) mass is 245 g/mol. The molecule has 0 bridgehead atoms. The van der Waals surface area contributed by atoms with Gasteiger partial charge in [-0.2, -0.15) is 0 Å². The number of nitrogens with zero attached hydrogens (tertiary/aromatic N) is 1. The van der Waals surface area contributed by atoms with Crippen LogP contribution in [0.2, 0.25) is 0 Å². The molecule has 2 aliphatic carbocycles. The maximum absolute atomic E-state index is 2.22. The van der Waals surface area contributed by atoms with Crippen molar-refractivity contribution in [2.24, 2.45) is 5.92 Å². The minimum atomic E-state index is 0.